The number of aliphatic hydroxyl groups is 1. The lowest BCUT2D eigenvalue weighted by molar-refractivity contribution is -0.172. The van der Waals surface area contributed by atoms with E-state index in [0.717, 1.165) is 48.0 Å². The molecule has 3 aliphatic carbocycles. The number of phenolic OH excluding ortho intramolecular Hbond substituents is 1. The molecular weight excluding hydrogens is 374 g/mol. The Morgan fingerprint density at radius 2 is 2.21 bits per heavy atom. The van der Waals surface area contributed by atoms with Gasteiger partial charge in [0.2, 0.25) is 0 Å². The van der Waals surface area contributed by atoms with Crippen molar-refractivity contribution in [3.8, 4) is 11.5 Å². The second kappa shape index (κ2) is 4.83. The molecule has 0 unspecified atom stereocenters. The lowest BCUT2D eigenvalue weighted by atomic mass is 9.49. The maximum absolute atomic E-state index is 12.4. The minimum absolute atomic E-state index is 0.0482. The number of piperidine rings is 1. The Kier molecular flexibility index (Phi) is 2.76. The SMILES string of the molecule is Nc1nc2c(s1)[C@@H]1Oc3c(O)ccc4c3[C@@]13CCN(CC1CC1)[C@H](C4)[C@]3(O)C2. The zero-order valence-electron chi connectivity index (χ0n) is 15.5. The molecule has 7 heteroatoms. The molecular formula is C21H23N3O3S. The van der Waals surface area contributed by atoms with Gasteiger partial charge in [-0.25, -0.2) is 4.98 Å². The first-order valence-corrected chi connectivity index (χ1v) is 11.1. The van der Waals surface area contributed by atoms with Gasteiger partial charge in [0, 0.05) is 24.6 Å². The molecule has 146 valence electrons. The molecule has 1 spiro atoms. The minimum Gasteiger partial charge on any atom is -0.504 e. The number of nitrogens with zero attached hydrogens (tertiary/aromatic N) is 2. The number of phenols is 1. The fraction of sp³-hybridized carbons (Fsp3) is 0.571. The van der Waals surface area contributed by atoms with Gasteiger partial charge in [-0.15, -0.1) is 0 Å². The molecule has 1 aromatic carbocycles. The van der Waals surface area contributed by atoms with Gasteiger partial charge >= 0.3 is 0 Å². The van der Waals surface area contributed by atoms with Crippen LogP contribution in [0.1, 0.15) is 47.1 Å². The number of thiazole rings is 1. The predicted octanol–water partition coefficient (Wildman–Crippen LogP) is 2.13. The number of likely N-dealkylation sites (tertiary alicyclic amines) is 1. The van der Waals surface area contributed by atoms with E-state index in [2.05, 4.69) is 9.88 Å². The molecule has 1 saturated carbocycles. The van der Waals surface area contributed by atoms with Gasteiger partial charge in [-0.05, 0) is 49.8 Å². The molecule has 2 fully saturated rings. The average molecular weight is 398 g/mol. The number of hydrogen-bond acceptors (Lipinski definition) is 7. The Morgan fingerprint density at radius 1 is 1.36 bits per heavy atom. The van der Waals surface area contributed by atoms with Crippen molar-refractivity contribution in [1.29, 1.82) is 0 Å². The quantitative estimate of drug-likeness (QED) is 0.719. The lowest BCUT2D eigenvalue weighted by Crippen LogP contribution is -2.74. The van der Waals surface area contributed by atoms with Gasteiger partial charge in [-0.1, -0.05) is 17.4 Å². The lowest BCUT2D eigenvalue weighted by Gasteiger charge is -2.62. The van der Waals surface area contributed by atoms with E-state index in [-0.39, 0.29) is 17.9 Å². The first kappa shape index (κ1) is 16.0. The van der Waals surface area contributed by atoms with Crippen molar-refractivity contribution in [1.82, 2.24) is 9.88 Å². The fourth-order valence-electron chi connectivity index (χ4n) is 6.61. The van der Waals surface area contributed by atoms with Crippen molar-refractivity contribution in [3.05, 3.63) is 33.8 Å². The Balaban J connectivity index is 1.50. The molecule has 28 heavy (non-hydrogen) atoms. The minimum atomic E-state index is -0.954. The van der Waals surface area contributed by atoms with Crippen LogP contribution in [0.15, 0.2) is 12.1 Å². The molecule has 2 aliphatic heterocycles. The Labute approximate surface area is 167 Å². The van der Waals surface area contributed by atoms with Gasteiger partial charge in [0.25, 0.3) is 0 Å². The summed E-state index contributed by atoms with van der Waals surface area (Å²) in [5.41, 5.74) is 7.72. The maximum atomic E-state index is 12.4. The molecule has 0 amide bonds. The molecule has 1 saturated heterocycles. The largest absolute Gasteiger partial charge is 0.504 e. The van der Waals surface area contributed by atoms with Crippen molar-refractivity contribution >= 4 is 16.5 Å². The summed E-state index contributed by atoms with van der Waals surface area (Å²) in [7, 11) is 0. The number of hydrogen-bond donors (Lipinski definition) is 3. The van der Waals surface area contributed by atoms with E-state index in [1.165, 1.54) is 29.7 Å². The van der Waals surface area contributed by atoms with Crippen molar-refractivity contribution in [2.24, 2.45) is 5.92 Å². The average Bonchev–Trinajstić information content (AvgIpc) is 3.28. The summed E-state index contributed by atoms with van der Waals surface area (Å²) in [6.07, 6.45) is 4.43. The van der Waals surface area contributed by atoms with E-state index in [4.69, 9.17) is 10.5 Å². The molecule has 4 atom stereocenters. The van der Waals surface area contributed by atoms with E-state index in [9.17, 15) is 10.2 Å². The first-order chi connectivity index (χ1) is 13.5. The molecule has 3 heterocycles. The van der Waals surface area contributed by atoms with Crippen molar-refractivity contribution in [3.63, 3.8) is 0 Å². The van der Waals surface area contributed by atoms with Crippen LogP contribution in [0.3, 0.4) is 0 Å². The number of aromatic hydroxyl groups is 1. The van der Waals surface area contributed by atoms with E-state index < -0.39 is 11.0 Å². The molecule has 6 nitrogen and oxygen atoms in total. The van der Waals surface area contributed by atoms with Gasteiger partial charge in [0.1, 0.15) is 6.10 Å². The second-order valence-electron chi connectivity index (χ2n) is 9.29. The zero-order chi connectivity index (χ0) is 18.8. The van der Waals surface area contributed by atoms with Crippen LogP contribution in [-0.4, -0.2) is 44.8 Å². The molecule has 1 aromatic heterocycles. The monoisotopic (exact) mass is 397 g/mol. The number of anilines is 1. The number of nitrogen functional groups attached to an aromatic ring is 1. The summed E-state index contributed by atoms with van der Waals surface area (Å²) in [4.78, 5) is 8.11. The van der Waals surface area contributed by atoms with Gasteiger partial charge in [0.05, 0.1) is 21.6 Å². The summed E-state index contributed by atoms with van der Waals surface area (Å²) in [5, 5.41) is 23.5. The van der Waals surface area contributed by atoms with Crippen LogP contribution < -0.4 is 10.5 Å². The molecule has 4 N–H and O–H groups in total. The highest BCUT2D eigenvalue weighted by molar-refractivity contribution is 7.15. The topological polar surface area (TPSA) is 91.8 Å². The first-order valence-electron chi connectivity index (χ1n) is 10.2. The van der Waals surface area contributed by atoms with Crippen LogP contribution >= 0.6 is 11.3 Å². The number of rotatable bonds is 2. The van der Waals surface area contributed by atoms with Gasteiger partial charge in [0.15, 0.2) is 16.6 Å². The van der Waals surface area contributed by atoms with Crippen molar-refractivity contribution in [2.45, 2.75) is 55.3 Å². The Morgan fingerprint density at radius 3 is 3.04 bits per heavy atom. The number of aromatic nitrogens is 1. The van der Waals surface area contributed by atoms with Gasteiger partial charge < -0.3 is 20.7 Å². The third kappa shape index (κ3) is 1.67. The van der Waals surface area contributed by atoms with Crippen molar-refractivity contribution < 1.29 is 14.9 Å². The van der Waals surface area contributed by atoms with Crippen LogP contribution in [0, 0.1) is 5.92 Å². The fourth-order valence-corrected chi connectivity index (χ4v) is 7.58. The van der Waals surface area contributed by atoms with E-state index >= 15 is 0 Å². The summed E-state index contributed by atoms with van der Waals surface area (Å²) in [6.45, 7) is 2.03. The van der Waals surface area contributed by atoms with Crippen LogP contribution in [0.5, 0.6) is 11.5 Å². The van der Waals surface area contributed by atoms with Crippen LogP contribution in [0.25, 0.3) is 0 Å². The number of fused-ring (bicyclic) bond motifs is 2. The third-order valence-electron chi connectivity index (χ3n) is 7.93. The Bertz CT molecular complexity index is 1030. The van der Waals surface area contributed by atoms with Gasteiger partial charge in [-0.3, -0.25) is 4.90 Å². The highest BCUT2D eigenvalue weighted by Gasteiger charge is 2.73. The van der Waals surface area contributed by atoms with E-state index in [1.54, 1.807) is 6.07 Å². The highest BCUT2D eigenvalue weighted by Crippen LogP contribution is 2.69. The molecule has 2 aromatic rings. The summed E-state index contributed by atoms with van der Waals surface area (Å²) >= 11 is 1.47. The normalized spacial score (nSPS) is 37.3. The number of ether oxygens (including phenoxy) is 1. The number of benzene rings is 1. The standard InChI is InChI=1S/C21H23N3O3S/c22-19-23-12-8-21(26)14-7-11-3-4-13(25)16-15(11)20(21,18(27-16)17(12)28-19)5-6-24(14)9-10-1-2-10/h3-4,10,14,18,25-26H,1-2,5-9H2,(H2,22,23)/t14-,18+,20+,21-/m1/s1. The van der Waals surface area contributed by atoms with Gasteiger partial charge in [-0.2, -0.15) is 0 Å². The summed E-state index contributed by atoms with van der Waals surface area (Å²) in [5.74, 6) is 1.51. The molecule has 0 radical (unpaired) electrons. The molecule has 5 aliphatic rings. The predicted molar refractivity (Wildman–Crippen MR) is 105 cm³/mol. The molecule has 2 bridgehead atoms. The molecule has 7 rings (SSSR count). The Hall–Kier alpha value is -1.83. The van der Waals surface area contributed by atoms with E-state index in [1.807, 2.05) is 6.07 Å². The highest BCUT2D eigenvalue weighted by atomic mass is 32.1. The maximum Gasteiger partial charge on any atom is 0.180 e. The van der Waals surface area contributed by atoms with Crippen LogP contribution in [0.4, 0.5) is 5.13 Å². The van der Waals surface area contributed by atoms with E-state index in [0.29, 0.717) is 17.3 Å². The second-order valence-corrected chi connectivity index (χ2v) is 10.4. The third-order valence-corrected chi connectivity index (χ3v) is 8.90. The summed E-state index contributed by atoms with van der Waals surface area (Å²) < 4.78 is 6.43. The van der Waals surface area contributed by atoms with Crippen molar-refractivity contribution in [2.75, 3.05) is 18.8 Å². The number of nitrogens with two attached hydrogens (primary N) is 1. The van der Waals surface area contributed by atoms with Crippen LogP contribution in [-0.2, 0) is 18.3 Å². The summed E-state index contributed by atoms with van der Waals surface area (Å²) in [6, 6.07) is 3.83. The smallest absolute Gasteiger partial charge is 0.180 e. The zero-order valence-corrected chi connectivity index (χ0v) is 16.3. The van der Waals surface area contributed by atoms with Crippen LogP contribution in [0.2, 0.25) is 0 Å².